The van der Waals surface area contributed by atoms with Gasteiger partial charge in [-0.05, 0) is 51.5 Å². The monoisotopic (exact) mass is 535 g/mol. The number of amides is 1. The second kappa shape index (κ2) is 8.66. The van der Waals surface area contributed by atoms with Crippen molar-refractivity contribution in [3.63, 3.8) is 0 Å². The molecule has 0 radical (unpaired) electrons. The standard InChI is InChI=1S/C28H30ClN5O4/c1-15-6-7-20-25(32(5)26(35)31-20)23(15)17-11-21-18(10-19(17)29)24-22(12-30-21)37-14-16-13-33(8-9-34(16)24)27(36)38-28(2,3)4/h6-7,10-12,16H,8-9,13-14H2,1-5H3,(H,31,35)/t16-/m1/s1. The molecule has 1 amide bonds. The maximum absolute atomic E-state index is 12.7. The van der Waals surface area contributed by atoms with Gasteiger partial charge in [0.2, 0.25) is 0 Å². The van der Waals surface area contributed by atoms with Crippen LogP contribution in [0.2, 0.25) is 5.02 Å². The SMILES string of the molecule is Cc1ccc2[nH]c(=O)n(C)c2c1-c1cc2ncc3c(c2cc1Cl)N1CCN(C(=O)OC(C)(C)C)C[C@@H]1CO3. The first-order chi connectivity index (χ1) is 18.0. The van der Waals surface area contributed by atoms with Gasteiger partial charge < -0.3 is 24.3 Å². The summed E-state index contributed by atoms with van der Waals surface area (Å²) in [5, 5.41) is 1.45. The highest BCUT2D eigenvalue weighted by Gasteiger charge is 2.37. The zero-order valence-corrected chi connectivity index (χ0v) is 22.8. The molecule has 1 atom stereocenters. The molecule has 1 N–H and O–H groups in total. The zero-order valence-electron chi connectivity index (χ0n) is 22.1. The predicted molar refractivity (Wildman–Crippen MR) is 148 cm³/mol. The first-order valence-electron chi connectivity index (χ1n) is 12.7. The highest BCUT2D eigenvalue weighted by molar-refractivity contribution is 6.35. The van der Waals surface area contributed by atoms with Crippen LogP contribution in [0, 0.1) is 6.92 Å². The van der Waals surface area contributed by atoms with Crippen LogP contribution in [0.5, 0.6) is 5.75 Å². The average Bonchev–Trinajstić information content (AvgIpc) is 3.15. The minimum absolute atomic E-state index is 0.0156. The van der Waals surface area contributed by atoms with E-state index in [1.807, 2.05) is 52.0 Å². The summed E-state index contributed by atoms with van der Waals surface area (Å²) < 4.78 is 13.3. The van der Waals surface area contributed by atoms with Crippen molar-refractivity contribution >= 4 is 45.3 Å². The van der Waals surface area contributed by atoms with Gasteiger partial charge in [0.05, 0.1) is 34.5 Å². The van der Waals surface area contributed by atoms with Gasteiger partial charge in [-0.2, -0.15) is 0 Å². The summed E-state index contributed by atoms with van der Waals surface area (Å²) in [4.78, 5) is 36.7. The van der Waals surface area contributed by atoms with E-state index in [0.29, 0.717) is 37.0 Å². The molecule has 2 aromatic carbocycles. The van der Waals surface area contributed by atoms with Crippen molar-refractivity contribution in [1.82, 2.24) is 19.4 Å². The number of ether oxygens (including phenoxy) is 2. The fourth-order valence-corrected chi connectivity index (χ4v) is 5.78. The van der Waals surface area contributed by atoms with E-state index in [0.717, 1.165) is 44.3 Å². The van der Waals surface area contributed by atoms with Crippen LogP contribution in [0.3, 0.4) is 0 Å². The topological polar surface area (TPSA) is 92.7 Å². The van der Waals surface area contributed by atoms with Gasteiger partial charge in [0.25, 0.3) is 0 Å². The minimum Gasteiger partial charge on any atom is -0.488 e. The number of nitrogens with one attached hydrogen (secondary N) is 1. The molecule has 198 valence electrons. The number of imidazole rings is 1. The number of fused-ring (bicyclic) bond motifs is 6. The molecule has 0 aliphatic carbocycles. The second-order valence-electron chi connectivity index (χ2n) is 11.0. The predicted octanol–water partition coefficient (Wildman–Crippen LogP) is 4.86. The first kappa shape index (κ1) is 24.6. The number of aromatic nitrogens is 3. The molecule has 4 heterocycles. The van der Waals surface area contributed by atoms with Crippen LogP contribution in [0.1, 0.15) is 26.3 Å². The number of hydrogen-bond donors (Lipinski definition) is 1. The molecule has 0 saturated carbocycles. The molecule has 2 aliphatic heterocycles. The number of halogens is 1. The number of H-pyrrole nitrogens is 1. The summed E-state index contributed by atoms with van der Waals surface area (Å²) in [5.41, 5.74) is 5.27. The van der Waals surface area contributed by atoms with Crippen molar-refractivity contribution in [1.29, 1.82) is 0 Å². The third-order valence-corrected chi connectivity index (χ3v) is 7.60. The molecular weight excluding hydrogens is 506 g/mol. The van der Waals surface area contributed by atoms with Crippen molar-refractivity contribution in [3.8, 4) is 16.9 Å². The molecule has 0 spiro atoms. The molecule has 6 rings (SSSR count). The van der Waals surface area contributed by atoms with Crippen LogP contribution in [-0.2, 0) is 11.8 Å². The van der Waals surface area contributed by atoms with E-state index in [1.54, 1.807) is 22.7 Å². The van der Waals surface area contributed by atoms with Crippen LogP contribution in [0.15, 0.2) is 35.3 Å². The number of aryl methyl sites for hydroxylation is 2. The van der Waals surface area contributed by atoms with Crippen molar-refractivity contribution in [2.75, 3.05) is 31.1 Å². The number of anilines is 1. The molecule has 9 nitrogen and oxygen atoms in total. The average molecular weight is 536 g/mol. The van der Waals surface area contributed by atoms with Gasteiger partial charge in [-0.3, -0.25) is 9.55 Å². The highest BCUT2D eigenvalue weighted by atomic mass is 35.5. The summed E-state index contributed by atoms with van der Waals surface area (Å²) in [7, 11) is 1.75. The molecule has 1 saturated heterocycles. The van der Waals surface area contributed by atoms with Gasteiger partial charge in [0.1, 0.15) is 12.2 Å². The third kappa shape index (κ3) is 3.96. The van der Waals surface area contributed by atoms with Gasteiger partial charge >= 0.3 is 11.8 Å². The third-order valence-electron chi connectivity index (χ3n) is 7.28. The Bertz CT molecular complexity index is 1670. The van der Waals surface area contributed by atoms with Gasteiger partial charge in [0.15, 0.2) is 5.75 Å². The Balaban J connectivity index is 1.42. The Kier molecular flexibility index (Phi) is 5.61. The second-order valence-corrected chi connectivity index (χ2v) is 11.5. The molecule has 4 aromatic rings. The number of pyridine rings is 1. The van der Waals surface area contributed by atoms with E-state index in [-0.39, 0.29) is 17.8 Å². The van der Waals surface area contributed by atoms with E-state index >= 15 is 0 Å². The number of carbonyl (C=O) groups is 1. The lowest BCUT2D eigenvalue weighted by Gasteiger charge is -2.45. The molecule has 0 bridgehead atoms. The highest BCUT2D eigenvalue weighted by Crippen LogP contribution is 2.44. The number of carbonyl (C=O) groups excluding carboxylic acids is 1. The maximum atomic E-state index is 12.7. The number of rotatable bonds is 1. The molecule has 1 fully saturated rings. The summed E-state index contributed by atoms with van der Waals surface area (Å²) in [5.74, 6) is 0.703. The number of benzene rings is 2. The lowest BCUT2D eigenvalue weighted by Crippen LogP contribution is -2.59. The van der Waals surface area contributed by atoms with E-state index in [2.05, 4.69) is 9.88 Å². The summed E-state index contributed by atoms with van der Waals surface area (Å²) in [6, 6.07) is 7.80. The molecule has 10 heteroatoms. The Morgan fingerprint density at radius 1 is 1.24 bits per heavy atom. The summed E-state index contributed by atoms with van der Waals surface area (Å²) in [6.45, 7) is 9.77. The molecular formula is C28H30ClN5O4. The molecule has 0 unspecified atom stereocenters. The number of aromatic amines is 1. The molecule has 38 heavy (non-hydrogen) atoms. The molecule has 2 aliphatic rings. The van der Waals surface area contributed by atoms with E-state index in [4.69, 9.17) is 26.1 Å². The normalized spacial score (nSPS) is 17.4. The number of hydrogen-bond acceptors (Lipinski definition) is 6. The Labute approximate surface area is 224 Å². The summed E-state index contributed by atoms with van der Waals surface area (Å²) >= 11 is 6.96. The van der Waals surface area contributed by atoms with Crippen LogP contribution in [-0.4, -0.2) is 63.4 Å². The van der Waals surface area contributed by atoms with Gasteiger partial charge in [-0.25, -0.2) is 9.59 Å². The van der Waals surface area contributed by atoms with Crippen LogP contribution >= 0.6 is 11.6 Å². The lowest BCUT2D eigenvalue weighted by molar-refractivity contribution is 0.0195. The van der Waals surface area contributed by atoms with Crippen molar-refractivity contribution in [3.05, 3.63) is 51.5 Å². The smallest absolute Gasteiger partial charge is 0.410 e. The van der Waals surface area contributed by atoms with Crippen LogP contribution < -0.4 is 15.3 Å². The van der Waals surface area contributed by atoms with Gasteiger partial charge in [-0.15, -0.1) is 0 Å². The Hall–Kier alpha value is -3.72. The van der Waals surface area contributed by atoms with Gasteiger partial charge in [-0.1, -0.05) is 17.7 Å². The van der Waals surface area contributed by atoms with E-state index in [9.17, 15) is 9.59 Å². The van der Waals surface area contributed by atoms with Crippen molar-refractivity contribution in [2.45, 2.75) is 39.3 Å². The number of piperazine rings is 1. The fourth-order valence-electron chi connectivity index (χ4n) is 5.53. The zero-order chi connectivity index (χ0) is 26.9. The Morgan fingerprint density at radius 2 is 2.03 bits per heavy atom. The minimum atomic E-state index is -0.546. The lowest BCUT2D eigenvalue weighted by atomic mass is 9.96. The van der Waals surface area contributed by atoms with Crippen LogP contribution in [0.25, 0.3) is 33.1 Å². The van der Waals surface area contributed by atoms with Crippen LogP contribution in [0.4, 0.5) is 10.5 Å². The first-order valence-corrected chi connectivity index (χ1v) is 13.1. The quantitative estimate of drug-likeness (QED) is 0.374. The van der Waals surface area contributed by atoms with Crippen molar-refractivity contribution in [2.24, 2.45) is 7.05 Å². The fraction of sp³-hybridized carbons (Fsp3) is 0.393. The van der Waals surface area contributed by atoms with E-state index < -0.39 is 5.60 Å². The maximum Gasteiger partial charge on any atom is 0.410 e. The number of nitrogens with zero attached hydrogens (tertiary/aromatic N) is 4. The Morgan fingerprint density at radius 3 is 2.79 bits per heavy atom. The molecule has 2 aromatic heterocycles. The largest absolute Gasteiger partial charge is 0.488 e. The van der Waals surface area contributed by atoms with Gasteiger partial charge in [0, 0.05) is 48.2 Å². The van der Waals surface area contributed by atoms with E-state index in [1.165, 1.54) is 0 Å². The summed E-state index contributed by atoms with van der Waals surface area (Å²) in [6.07, 6.45) is 1.45. The van der Waals surface area contributed by atoms with Crippen molar-refractivity contribution < 1.29 is 14.3 Å².